The van der Waals surface area contributed by atoms with Crippen LogP contribution in [-0.2, 0) is 4.79 Å². The van der Waals surface area contributed by atoms with Gasteiger partial charge in [-0.3, -0.25) is 4.79 Å². The van der Waals surface area contributed by atoms with Crippen LogP contribution in [0.1, 0.15) is 49.7 Å². The number of aryl methyl sites for hydroxylation is 1. The highest BCUT2D eigenvalue weighted by Gasteiger charge is 2.15. The zero-order chi connectivity index (χ0) is 13.5. The van der Waals surface area contributed by atoms with E-state index in [0.29, 0.717) is 0 Å². The summed E-state index contributed by atoms with van der Waals surface area (Å²) in [5.74, 6) is -0.613. The SMILES string of the molecule is C=C(C)CCC[C@@H](CC(=O)O)c1ccc(C)cc1. The average molecular weight is 246 g/mol. The molecule has 18 heavy (non-hydrogen) atoms. The lowest BCUT2D eigenvalue weighted by Crippen LogP contribution is -2.06. The monoisotopic (exact) mass is 246 g/mol. The van der Waals surface area contributed by atoms with E-state index in [9.17, 15) is 4.79 Å². The summed E-state index contributed by atoms with van der Waals surface area (Å²) >= 11 is 0. The smallest absolute Gasteiger partial charge is 0.303 e. The minimum Gasteiger partial charge on any atom is -0.481 e. The number of carboxylic acids is 1. The third-order valence-electron chi connectivity index (χ3n) is 3.13. The quantitative estimate of drug-likeness (QED) is 0.728. The zero-order valence-electron chi connectivity index (χ0n) is 11.3. The molecular formula is C16H22O2. The van der Waals surface area contributed by atoms with Crippen LogP contribution >= 0.6 is 0 Å². The molecule has 0 saturated heterocycles. The maximum absolute atomic E-state index is 10.9. The van der Waals surface area contributed by atoms with Gasteiger partial charge in [-0.2, -0.15) is 0 Å². The molecule has 0 aromatic heterocycles. The summed E-state index contributed by atoms with van der Waals surface area (Å²) in [6.45, 7) is 7.93. The number of hydrogen-bond donors (Lipinski definition) is 1. The van der Waals surface area contributed by atoms with Crippen LogP contribution < -0.4 is 0 Å². The Morgan fingerprint density at radius 1 is 1.33 bits per heavy atom. The number of hydrogen-bond acceptors (Lipinski definition) is 1. The second-order valence-corrected chi connectivity index (χ2v) is 5.05. The Morgan fingerprint density at radius 2 is 1.94 bits per heavy atom. The molecule has 2 heteroatoms. The molecule has 2 nitrogen and oxygen atoms in total. The predicted molar refractivity (Wildman–Crippen MR) is 74.8 cm³/mol. The van der Waals surface area contributed by atoms with Gasteiger partial charge in [-0.1, -0.05) is 35.4 Å². The highest BCUT2D eigenvalue weighted by atomic mass is 16.4. The molecule has 0 amide bonds. The molecule has 0 unspecified atom stereocenters. The summed E-state index contributed by atoms with van der Waals surface area (Å²) < 4.78 is 0. The number of allylic oxidation sites excluding steroid dienone is 1. The highest BCUT2D eigenvalue weighted by Crippen LogP contribution is 2.26. The van der Waals surface area contributed by atoms with Crippen molar-refractivity contribution in [3.05, 3.63) is 47.5 Å². The van der Waals surface area contributed by atoms with E-state index in [-0.39, 0.29) is 12.3 Å². The Bertz CT molecular complexity index is 404. The standard InChI is InChI=1S/C16H22O2/c1-12(2)5-4-6-15(11-16(17)18)14-9-7-13(3)8-10-14/h7-10,15H,1,4-6,11H2,2-3H3,(H,17,18)/t15-/m0/s1. The molecule has 0 aliphatic rings. The molecule has 0 saturated carbocycles. The van der Waals surface area contributed by atoms with E-state index in [1.807, 2.05) is 38.1 Å². The Balaban J connectivity index is 2.68. The van der Waals surface area contributed by atoms with E-state index in [1.165, 1.54) is 5.56 Å². The fourth-order valence-corrected chi connectivity index (χ4v) is 2.09. The number of aliphatic carboxylic acids is 1. The van der Waals surface area contributed by atoms with Crippen molar-refractivity contribution < 1.29 is 9.90 Å². The molecule has 0 aliphatic carbocycles. The van der Waals surface area contributed by atoms with Crippen LogP contribution in [0, 0.1) is 6.92 Å². The summed E-state index contributed by atoms with van der Waals surface area (Å²) in [4.78, 5) is 10.9. The minimum atomic E-state index is -0.726. The lowest BCUT2D eigenvalue weighted by molar-refractivity contribution is -0.137. The molecule has 0 fully saturated rings. The van der Waals surface area contributed by atoms with Crippen molar-refractivity contribution in [2.75, 3.05) is 0 Å². The highest BCUT2D eigenvalue weighted by molar-refractivity contribution is 5.68. The van der Waals surface area contributed by atoms with E-state index in [4.69, 9.17) is 5.11 Å². The molecule has 0 bridgehead atoms. The van der Waals surface area contributed by atoms with Crippen LogP contribution in [0.25, 0.3) is 0 Å². The third-order valence-corrected chi connectivity index (χ3v) is 3.13. The lowest BCUT2D eigenvalue weighted by atomic mass is 9.89. The average Bonchev–Trinajstić information content (AvgIpc) is 2.28. The molecule has 0 heterocycles. The van der Waals surface area contributed by atoms with E-state index >= 15 is 0 Å². The van der Waals surface area contributed by atoms with Gasteiger partial charge in [-0.05, 0) is 44.6 Å². The minimum absolute atomic E-state index is 0.113. The van der Waals surface area contributed by atoms with Crippen molar-refractivity contribution in [1.82, 2.24) is 0 Å². The van der Waals surface area contributed by atoms with E-state index < -0.39 is 5.97 Å². The molecule has 1 atom stereocenters. The molecule has 1 aromatic rings. The van der Waals surface area contributed by atoms with Gasteiger partial charge in [0.2, 0.25) is 0 Å². The molecule has 0 spiro atoms. The topological polar surface area (TPSA) is 37.3 Å². The van der Waals surface area contributed by atoms with E-state index in [0.717, 1.165) is 30.4 Å². The summed E-state index contributed by atoms with van der Waals surface area (Å²) in [7, 11) is 0. The number of benzene rings is 1. The zero-order valence-corrected chi connectivity index (χ0v) is 11.3. The molecule has 1 N–H and O–H groups in total. The number of carboxylic acid groups (broad SMARTS) is 1. The first-order valence-electron chi connectivity index (χ1n) is 6.41. The van der Waals surface area contributed by atoms with Gasteiger partial charge in [0.25, 0.3) is 0 Å². The third kappa shape index (κ3) is 5.17. The molecule has 98 valence electrons. The van der Waals surface area contributed by atoms with E-state index in [1.54, 1.807) is 0 Å². The van der Waals surface area contributed by atoms with Crippen molar-refractivity contribution in [2.24, 2.45) is 0 Å². The predicted octanol–water partition coefficient (Wildman–Crippen LogP) is 4.30. The van der Waals surface area contributed by atoms with Gasteiger partial charge in [0.15, 0.2) is 0 Å². The van der Waals surface area contributed by atoms with Crippen LogP contribution in [0.5, 0.6) is 0 Å². The van der Waals surface area contributed by atoms with Crippen LogP contribution in [0.2, 0.25) is 0 Å². The van der Waals surface area contributed by atoms with Gasteiger partial charge < -0.3 is 5.11 Å². The number of carbonyl (C=O) groups is 1. The van der Waals surface area contributed by atoms with Gasteiger partial charge in [-0.25, -0.2) is 0 Å². The first-order chi connectivity index (χ1) is 8.49. The van der Waals surface area contributed by atoms with Gasteiger partial charge in [0, 0.05) is 0 Å². The fraction of sp³-hybridized carbons (Fsp3) is 0.438. The Hall–Kier alpha value is -1.57. The Morgan fingerprint density at radius 3 is 2.44 bits per heavy atom. The van der Waals surface area contributed by atoms with E-state index in [2.05, 4.69) is 6.58 Å². The Kier molecular flexibility index (Phi) is 5.63. The maximum atomic E-state index is 10.9. The first kappa shape index (κ1) is 14.5. The maximum Gasteiger partial charge on any atom is 0.303 e. The molecule has 0 radical (unpaired) electrons. The second kappa shape index (κ2) is 7.00. The molecule has 1 aromatic carbocycles. The largest absolute Gasteiger partial charge is 0.481 e. The van der Waals surface area contributed by atoms with Crippen LogP contribution in [0.3, 0.4) is 0 Å². The van der Waals surface area contributed by atoms with Crippen molar-refractivity contribution >= 4 is 5.97 Å². The molecular weight excluding hydrogens is 224 g/mol. The summed E-state index contributed by atoms with van der Waals surface area (Å²) in [6.07, 6.45) is 3.09. The van der Waals surface area contributed by atoms with Crippen molar-refractivity contribution in [3.63, 3.8) is 0 Å². The summed E-state index contributed by atoms with van der Waals surface area (Å²) in [6, 6.07) is 8.18. The lowest BCUT2D eigenvalue weighted by Gasteiger charge is -2.15. The van der Waals surface area contributed by atoms with Gasteiger partial charge in [0.05, 0.1) is 6.42 Å². The van der Waals surface area contributed by atoms with Crippen LogP contribution in [0.4, 0.5) is 0 Å². The van der Waals surface area contributed by atoms with Crippen LogP contribution in [0.15, 0.2) is 36.4 Å². The Labute approximate surface area is 109 Å². The van der Waals surface area contributed by atoms with Crippen LogP contribution in [-0.4, -0.2) is 11.1 Å². The number of rotatable bonds is 7. The van der Waals surface area contributed by atoms with Gasteiger partial charge in [-0.15, -0.1) is 6.58 Å². The van der Waals surface area contributed by atoms with Crippen molar-refractivity contribution in [1.29, 1.82) is 0 Å². The first-order valence-corrected chi connectivity index (χ1v) is 6.41. The van der Waals surface area contributed by atoms with Gasteiger partial charge >= 0.3 is 5.97 Å². The summed E-state index contributed by atoms with van der Waals surface area (Å²) in [5.41, 5.74) is 3.49. The fourth-order valence-electron chi connectivity index (χ4n) is 2.09. The van der Waals surface area contributed by atoms with Crippen molar-refractivity contribution in [3.8, 4) is 0 Å². The molecule has 1 rings (SSSR count). The second-order valence-electron chi connectivity index (χ2n) is 5.05. The normalized spacial score (nSPS) is 12.1. The molecule has 0 aliphatic heterocycles. The summed E-state index contributed by atoms with van der Waals surface area (Å²) in [5, 5.41) is 8.99. The van der Waals surface area contributed by atoms with Gasteiger partial charge in [0.1, 0.15) is 0 Å². The van der Waals surface area contributed by atoms with Crippen molar-refractivity contribution in [2.45, 2.75) is 45.4 Å².